The lowest BCUT2D eigenvalue weighted by Crippen LogP contribution is -2.36. The molecule has 2 N–H and O–H groups in total. The Hall–Kier alpha value is -2.58. The number of oxazole rings is 1. The Morgan fingerprint density at radius 3 is 2.70 bits per heavy atom. The molecule has 0 saturated heterocycles. The van der Waals surface area contributed by atoms with E-state index in [1.165, 1.54) is 0 Å². The number of aliphatic imine (C=N–C) groups is 1. The molecule has 8 nitrogen and oxygen atoms in total. The third kappa shape index (κ3) is 8.42. The van der Waals surface area contributed by atoms with Crippen LogP contribution in [0.2, 0.25) is 0 Å². The van der Waals surface area contributed by atoms with Gasteiger partial charge in [-0.1, -0.05) is 12.1 Å². The number of nitrogens with one attached hydrogen (secondary N) is 2. The van der Waals surface area contributed by atoms with Crippen molar-refractivity contribution in [2.75, 3.05) is 47.0 Å². The lowest BCUT2D eigenvalue weighted by atomic mass is 10.2. The van der Waals surface area contributed by atoms with Crippen molar-refractivity contribution in [2.24, 2.45) is 4.99 Å². The maximum atomic E-state index is 5.89. The first kappa shape index (κ1) is 23.7. The normalized spacial score (nSPS) is 11.7. The Morgan fingerprint density at radius 2 is 2.00 bits per heavy atom. The first-order valence-corrected chi connectivity index (χ1v) is 10.4. The largest absolute Gasteiger partial charge is 0.492 e. The zero-order valence-corrected chi connectivity index (χ0v) is 18.8. The lowest BCUT2D eigenvalue weighted by Gasteiger charge is -2.16. The molecule has 1 heterocycles. The molecule has 0 atom stereocenters. The molecule has 0 radical (unpaired) electrons. The number of aromatic nitrogens is 1. The van der Waals surface area contributed by atoms with Gasteiger partial charge in [-0.05, 0) is 45.5 Å². The molecule has 1 aromatic heterocycles. The van der Waals surface area contributed by atoms with Gasteiger partial charge >= 0.3 is 0 Å². The molecule has 2 rings (SSSR count). The highest BCUT2D eigenvalue weighted by atomic mass is 16.5. The van der Waals surface area contributed by atoms with Gasteiger partial charge in [-0.15, -0.1) is 0 Å². The molecule has 0 aliphatic carbocycles. The summed E-state index contributed by atoms with van der Waals surface area (Å²) in [4.78, 5) is 11.2. The molecule has 30 heavy (non-hydrogen) atoms. The van der Waals surface area contributed by atoms with Gasteiger partial charge in [0.2, 0.25) is 5.89 Å². The summed E-state index contributed by atoms with van der Waals surface area (Å²) < 4.78 is 16.6. The first-order chi connectivity index (χ1) is 14.5. The summed E-state index contributed by atoms with van der Waals surface area (Å²) in [7, 11) is 3.77. The summed E-state index contributed by atoms with van der Waals surface area (Å²) in [5, 5.41) is 6.51. The minimum absolute atomic E-state index is 0.486. The van der Waals surface area contributed by atoms with E-state index < -0.39 is 0 Å². The molecule has 0 saturated carbocycles. The molecule has 0 aliphatic heterocycles. The van der Waals surface area contributed by atoms with Crippen molar-refractivity contribution in [3.63, 3.8) is 0 Å². The van der Waals surface area contributed by atoms with E-state index in [-0.39, 0.29) is 0 Å². The number of nitrogens with zero attached hydrogens (tertiary/aromatic N) is 3. The SMILES string of the molecule is CCNC(=NCc1cccc(OCCN(C)CCOC)c1)NCc1nc(C)c(C)o1. The number of likely N-dealkylation sites (N-methyl/N-ethyl adjacent to an activating group) is 1. The van der Waals surface area contributed by atoms with E-state index in [1.807, 2.05) is 45.0 Å². The summed E-state index contributed by atoms with van der Waals surface area (Å²) in [6.07, 6.45) is 0. The molecule has 0 fully saturated rings. The number of benzene rings is 1. The van der Waals surface area contributed by atoms with Gasteiger partial charge in [0.25, 0.3) is 0 Å². The van der Waals surface area contributed by atoms with Crippen molar-refractivity contribution < 1.29 is 13.9 Å². The van der Waals surface area contributed by atoms with Crippen LogP contribution in [0, 0.1) is 13.8 Å². The molecule has 166 valence electrons. The van der Waals surface area contributed by atoms with Crippen LogP contribution in [0.25, 0.3) is 0 Å². The van der Waals surface area contributed by atoms with Gasteiger partial charge in [-0.3, -0.25) is 0 Å². The third-order valence-corrected chi connectivity index (χ3v) is 4.56. The quantitative estimate of drug-likeness (QED) is 0.405. The summed E-state index contributed by atoms with van der Waals surface area (Å²) in [6, 6.07) is 8.04. The Labute approximate surface area is 179 Å². The summed E-state index contributed by atoms with van der Waals surface area (Å²) >= 11 is 0. The molecule has 8 heteroatoms. The smallest absolute Gasteiger partial charge is 0.214 e. The van der Waals surface area contributed by atoms with Crippen molar-refractivity contribution in [1.82, 2.24) is 20.5 Å². The number of rotatable bonds is 12. The van der Waals surface area contributed by atoms with Gasteiger partial charge in [0.05, 0.1) is 25.4 Å². The Morgan fingerprint density at radius 1 is 1.20 bits per heavy atom. The van der Waals surface area contributed by atoms with Crippen molar-refractivity contribution in [3.05, 3.63) is 47.2 Å². The fraction of sp³-hybridized carbons (Fsp3) is 0.545. The van der Waals surface area contributed by atoms with E-state index in [4.69, 9.17) is 13.9 Å². The van der Waals surface area contributed by atoms with Crippen LogP contribution in [0.1, 0.15) is 29.8 Å². The van der Waals surface area contributed by atoms with Gasteiger partial charge in [0.1, 0.15) is 18.1 Å². The zero-order valence-electron chi connectivity index (χ0n) is 18.8. The number of methoxy groups -OCH3 is 1. The maximum absolute atomic E-state index is 5.89. The maximum Gasteiger partial charge on any atom is 0.214 e. The second kappa shape index (κ2) is 12.9. The Bertz CT molecular complexity index is 771. The molecule has 1 aromatic carbocycles. The van der Waals surface area contributed by atoms with Crippen LogP contribution in [0.15, 0.2) is 33.7 Å². The second-order valence-corrected chi connectivity index (χ2v) is 7.09. The molecule has 2 aromatic rings. The topological polar surface area (TPSA) is 84.2 Å². The van der Waals surface area contributed by atoms with E-state index in [1.54, 1.807) is 7.11 Å². The number of ether oxygens (including phenoxy) is 2. The van der Waals surface area contributed by atoms with Gasteiger partial charge in [0, 0.05) is 26.7 Å². The predicted octanol–water partition coefficient (Wildman–Crippen LogP) is 2.50. The van der Waals surface area contributed by atoms with Gasteiger partial charge in [0.15, 0.2) is 5.96 Å². The lowest BCUT2D eigenvalue weighted by molar-refractivity contribution is 0.150. The van der Waals surface area contributed by atoms with Crippen molar-refractivity contribution in [2.45, 2.75) is 33.9 Å². The van der Waals surface area contributed by atoms with E-state index in [0.717, 1.165) is 55.0 Å². The van der Waals surface area contributed by atoms with Crippen molar-refractivity contribution >= 4 is 5.96 Å². The highest BCUT2D eigenvalue weighted by Crippen LogP contribution is 2.14. The fourth-order valence-electron chi connectivity index (χ4n) is 2.70. The minimum Gasteiger partial charge on any atom is -0.492 e. The highest BCUT2D eigenvalue weighted by Gasteiger charge is 2.06. The molecule has 0 amide bonds. The van der Waals surface area contributed by atoms with Crippen LogP contribution in [-0.4, -0.2) is 62.8 Å². The van der Waals surface area contributed by atoms with E-state index in [0.29, 0.717) is 25.6 Å². The molecular formula is C22H35N5O3. The molecule has 0 spiro atoms. The molecule has 0 aliphatic rings. The van der Waals surface area contributed by atoms with E-state index in [2.05, 4.69) is 32.6 Å². The average Bonchev–Trinajstić information content (AvgIpc) is 3.06. The van der Waals surface area contributed by atoms with Crippen LogP contribution < -0.4 is 15.4 Å². The average molecular weight is 418 g/mol. The van der Waals surface area contributed by atoms with Gasteiger partial charge in [-0.2, -0.15) is 0 Å². The highest BCUT2D eigenvalue weighted by molar-refractivity contribution is 5.79. The molecule has 0 bridgehead atoms. The van der Waals surface area contributed by atoms with Crippen LogP contribution in [0.3, 0.4) is 0 Å². The van der Waals surface area contributed by atoms with Crippen molar-refractivity contribution in [3.8, 4) is 5.75 Å². The number of aryl methyl sites for hydroxylation is 2. The van der Waals surface area contributed by atoms with Gasteiger partial charge in [-0.25, -0.2) is 9.98 Å². The predicted molar refractivity (Wildman–Crippen MR) is 119 cm³/mol. The van der Waals surface area contributed by atoms with E-state index in [9.17, 15) is 0 Å². The number of guanidine groups is 1. The van der Waals surface area contributed by atoms with E-state index >= 15 is 0 Å². The first-order valence-electron chi connectivity index (χ1n) is 10.4. The minimum atomic E-state index is 0.486. The van der Waals surface area contributed by atoms with Gasteiger partial charge < -0.3 is 29.4 Å². The number of hydrogen-bond donors (Lipinski definition) is 2. The molecular weight excluding hydrogens is 382 g/mol. The fourth-order valence-corrected chi connectivity index (χ4v) is 2.70. The standard InChI is InChI=1S/C22H35N5O3/c1-6-23-22(25-16-21-26-17(2)18(3)30-21)24-15-19-8-7-9-20(14-19)29-13-11-27(4)10-12-28-5/h7-9,14H,6,10-13,15-16H2,1-5H3,(H2,23,24,25). The third-order valence-electron chi connectivity index (χ3n) is 4.56. The zero-order chi connectivity index (χ0) is 21.8. The second-order valence-electron chi connectivity index (χ2n) is 7.09. The Kier molecular flexibility index (Phi) is 10.2. The molecule has 0 unspecified atom stereocenters. The van der Waals surface area contributed by atoms with Crippen LogP contribution in [-0.2, 0) is 17.8 Å². The summed E-state index contributed by atoms with van der Waals surface area (Å²) in [6.45, 7) is 10.8. The summed E-state index contributed by atoms with van der Waals surface area (Å²) in [5.74, 6) is 3.07. The monoisotopic (exact) mass is 417 g/mol. The number of hydrogen-bond acceptors (Lipinski definition) is 6. The van der Waals surface area contributed by atoms with Crippen LogP contribution in [0.5, 0.6) is 5.75 Å². The Balaban J connectivity index is 1.86. The van der Waals surface area contributed by atoms with Crippen LogP contribution in [0.4, 0.5) is 0 Å². The van der Waals surface area contributed by atoms with Crippen LogP contribution >= 0.6 is 0 Å². The van der Waals surface area contributed by atoms with Crippen molar-refractivity contribution in [1.29, 1.82) is 0 Å². The summed E-state index contributed by atoms with van der Waals surface area (Å²) in [5.41, 5.74) is 2.00.